The van der Waals surface area contributed by atoms with Gasteiger partial charge in [-0.25, -0.2) is 14.1 Å². The fraction of sp³-hybridized carbons (Fsp3) is 0.300. The van der Waals surface area contributed by atoms with E-state index in [1.165, 1.54) is 23.9 Å². The van der Waals surface area contributed by atoms with Gasteiger partial charge < -0.3 is 4.74 Å². The first kappa shape index (κ1) is 19.4. The Morgan fingerprint density at radius 1 is 1.33 bits per heavy atom. The number of hydrogen-bond donors (Lipinski definition) is 0. The SMILES string of the molecule is C=C(/N=C(\C=C/C)c1c(-c2ccc(F)cc2)c(=O)n2n1CC(OC)C2)SC. The third kappa shape index (κ3) is 3.70. The van der Waals surface area contributed by atoms with Crippen LogP contribution in [0.1, 0.15) is 12.6 Å². The molecular weight excluding hydrogens is 365 g/mol. The summed E-state index contributed by atoms with van der Waals surface area (Å²) in [5.74, 6) is -0.343. The van der Waals surface area contributed by atoms with Crippen LogP contribution in [0.15, 0.2) is 57.8 Å². The first-order valence-corrected chi connectivity index (χ1v) is 9.79. The predicted molar refractivity (Wildman–Crippen MR) is 109 cm³/mol. The van der Waals surface area contributed by atoms with Gasteiger partial charge in [-0.05, 0) is 37.0 Å². The van der Waals surface area contributed by atoms with Gasteiger partial charge in [-0.3, -0.25) is 9.48 Å². The fourth-order valence-electron chi connectivity index (χ4n) is 3.20. The third-order valence-corrected chi connectivity index (χ3v) is 5.06. The van der Waals surface area contributed by atoms with Gasteiger partial charge in [0.2, 0.25) is 0 Å². The number of halogens is 1. The van der Waals surface area contributed by atoms with Crippen molar-refractivity contribution in [1.82, 2.24) is 9.36 Å². The van der Waals surface area contributed by atoms with Gasteiger partial charge >= 0.3 is 0 Å². The van der Waals surface area contributed by atoms with E-state index in [1.807, 2.05) is 30.0 Å². The maximum absolute atomic E-state index is 13.4. The van der Waals surface area contributed by atoms with Gasteiger partial charge in [0.25, 0.3) is 5.56 Å². The van der Waals surface area contributed by atoms with Crippen LogP contribution in [0.5, 0.6) is 0 Å². The van der Waals surface area contributed by atoms with Crippen molar-refractivity contribution in [2.24, 2.45) is 4.99 Å². The van der Waals surface area contributed by atoms with E-state index in [2.05, 4.69) is 11.6 Å². The minimum atomic E-state index is -0.343. The summed E-state index contributed by atoms with van der Waals surface area (Å²) >= 11 is 1.44. The molecule has 142 valence electrons. The lowest BCUT2D eigenvalue weighted by Gasteiger charge is -2.11. The van der Waals surface area contributed by atoms with Crippen LogP contribution in [0.2, 0.25) is 0 Å². The molecule has 1 unspecified atom stereocenters. The number of aromatic nitrogens is 2. The summed E-state index contributed by atoms with van der Waals surface area (Å²) in [5, 5.41) is 0.641. The Kier molecular flexibility index (Phi) is 5.82. The molecule has 0 radical (unpaired) electrons. The summed E-state index contributed by atoms with van der Waals surface area (Å²) in [6.07, 6.45) is 5.56. The van der Waals surface area contributed by atoms with E-state index in [-0.39, 0.29) is 17.5 Å². The van der Waals surface area contributed by atoms with E-state index in [0.29, 0.717) is 40.7 Å². The quantitative estimate of drug-likeness (QED) is 0.711. The highest BCUT2D eigenvalue weighted by atomic mass is 32.2. The summed E-state index contributed by atoms with van der Waals surface area (Å²) in [7, 11) is 1.64. The monoisotopic (exact) mass is 387 g/mol. The van der Waals surface area contributed by atoms with Crippen LogP contribution in [-0.4, -0.2) is 34.5 Å². The maximum atomic E-state index is 13.4. The molecule has 0 saturated carbocycles. The van der Waals surface area contributed by atoms with Crippen LogP contribution in [0.4, 0.5) is 4.39 Å². The van der Waals surface area contributed by atoms with Crippen LogP contribution >= 0.6 is 11.8 Å². The van der Waals surface area contributed by atoms with Crippen molar-refractivity contribution in [2.45, 2.75) is 26.1 Å². The van der Waals surface area contributed by atoms with Crippen LogP contribution in [0, 0.1) is 5.82 Å². The summed E-state index contributed by atoms with van der Waals surface area (Å²) in [5.41, 5.74) is 2.37. The van der Waals surface area contributed by atoms with Crippen molar-refractivity contribution < 1.29 is 9.13 Å². The molecular formula is C20H22FN3O2S. The molecule has 3 rings (SSSR count). The number of thioether (sulfide) groups is 1. The molecule has 1 aliphatic heterocycles. The van der Waals surface area contributed by atoms with E-state index in [4.69, 9.17) is 4.74 Å². The standard InChI is InChI=1S/C20H22FN3O2S/c1-5-6-17(22-13(2)27-4)19-18(14-7-9-15(21)10-8-14)20(25)24-12-16(26-3)11-23(19)24/h5-10,16H,2,11-12H2,1,3-4H3/b6-5-,22-17+. The molecule has 5 nitrogen and oxygen atoms in total. The molecule has 1 atom stereocenters. The Balaban J connectivity index is 2.29. The second kappa shape index (κ2) is 8.10. The number of aliphatic imine (C=N–C) groups is 1. The van der Waals surface area contributed by atoms with Gasteiger partial charge in [0.15, 0.2) is 0 Å². The van der Waals surface area contributed by atoms with Crippen LogP contribution in [-0.2, 0) is 17.8 Å². The van der Waals surface area contributed by atoms with E-state index in [9.17, 15) is 9.18 Å². The zero-order chi connectivity index (χ0) is 19.6. The Morgan fingerprint density at radius 3 is 2.59 bits per heavy atom. The van der Waals surface area contributed by atoms with E-state index < -0.39 is 0 Å². The van der Waals surface area contributed by atoms with E-state index in [0.717, 1.165) is 0 Å². The Labute approximate surface area is 161 Å². The minimum absolute atomic E-state index is 0.0747. The molecule has 0 fully saturated rings. The minimum Gasteiger partial charge on any atom is -0.378 e. The molecule has 2 heterocycles. The average molecular weight is 387 g/mol. The number of rotatable bonds is 6. The second-order valence-electron chi connectivity index (χ2n) is 6.15. The fourth-order valence-corrected chi connectivity index (χ4v) is 3.39. The van der Waals surface area contributed by atoms with Gasteiger partial charge in [-0.15, -0.1) is 11.8 Å². The topological polar surface area (TPSA) is 48.5 Å². The Bertz CT molecular complexity index is 970. The summed E-state index contributed by atoms with van der Waals surface area (Å²) in [6, 6.07) is 5.96. The predicted octanol–water partition coefficient (Wildman–Crippen LogP) is 3.68. The zero-order valence-electron chi connectivity index (χ0n) is 15.6. The van der Waals surface area contributed by atoms with Crippen LogP contribution in [0.25, 0.3) is 11.1 Å². The molecule has 0 N–H and O–H groups in total. The molecule has 1 aliphatic rings. The summed E-state index contributed by atoms with van der Waals surface area (Å²) < 4.78 is 22.4. The molecule has 1 aromatic carbocycles. The van der Waals surface area contributed by atoms with E-state index in [1.54, 1.807) is 23.9 Å². The number of hydrogen-bond acceptors (Lipinski definition) is 4. The van der Waals surface area contributed by atoms with E-state index >= 15 is 0 Å². The largest absolute Gasteiger partial charge is 0.378 e. The van der Waals surface area contributed by atoms with Gasteiger partial charge in [0.05, 0.1) is 41.2 Å². The Hall–Kier alpha value is -2.38. The maximum Gasteiger partial charge on any atom is 0.275 e. The lowest BCUT2D eigenvalue weighted by atomic mass is 10.0. The van der Waals surface area contributed by atoms with Crippen molar-refractivity contribution in [3.05, 3.63) is 69.9 Å². The first-order valence-electron chi connectivity index (χ1n) is 8.57. The number of fused-ring (bicyclic) bond motifs is 1. The molecule has 0 saturated heterocycles. The summed E-state index contributed by atoms with van der Waals surface area (Å²) in [4.78, 5) is 17.8. The van der Waals surface area contributed by atoms with Crippen molar-refractivity contribution in [2.75, 3.05) is 13.4 Å². The average Bonchev–Trinajstić information content (AvgIpc) is 3.20. The van der Waals surface area contributed by atoms with Gasteiger partial charge in [0.1, 0.15) is 5.82 Å². The number of ether oxygens (including phenoxy) is 1. The molecule has 1 aromatic heterocycles. The highest BCUT2D eigenvalue weighted by molar-refractivity contribution is 8.02. The highest BCUT2D eigenvalue weighted by Crippen LogP contribution is 2.27. The lowest BCUT2D eigenvalue weighted by molar-refractivity contribution is 0.0992. The number of nitrogens with zero attached hydrogens (tertiary/aromatic N) is 3. The smallest absolute Gasteiger partial charge is 0.275 e. The van der Waals surface area contributed by atoms with Gasteiger partial charge in [-0.1, -0.05) is 24.8 Å². The molecule has 0 aliphatic carbocycles. The van der Waals surface area contributed by atoms with Crippen molar-refractivity contribution in [3.63, 3.8) is 0 Å². The van der Waals surface area contributed by atoms with Crippen molar-refractivity contribution in [3.8, 4) is 11.1 Å². The molecule has 7 heteroatoms. The number of methoxy groups -OCH3 is 1. The molecule has 0 spiro atoms. The van der Waals surface area contributed by atoms with Crippen molar-refractivity contribution >= 4 is 17.5 Å². The number of benzene rings is 1. The number of allylic oxidation sites excluding steroid dienone is 2. The van der Waals surface area contributed by atoms with Gasteiger partial charge in [0, 0.05) is 7.11 Å². The van der Waals surface area contributed by atoms with Crippen molar-refractivity contribution in [1.29, 1.82) is 0 Å². The lowest BCUT2D eigenvalue weighted by Crippen LogP contribution is -2.20. The molecule has 27 heavy (non-hydrogen) atoms. The third-order valence-electron chi connectivity index (χ3n) is 4.50. The summed E-state index contributed by atoms with van der Waals surface area (Å²) in [6.45, 7) is 6.85. The molecule has 0 amide bonds. The molecule has 0 bridgehead atoms. The van der Waals surface area contributed by atoms with Crippen LogP contribution < -0.4 is 5.56 Å². The van der Waals surface area contributed by atoms with Crippen LogP contribution in [0.3, 0.4) is 0 Å². The zero-order valence-corrected chi connectivity index (χ0v) is 16.4. The van der Waals surface area contributed by atoms with Gasteiger partial charge in [-0.2, -0.15) is 0 Å². The second-order valence-corrected chi connectivity index (χ2v) is 7.03. The first-order chi connectivity index (χ1) is 13.0. The normalized spacial score (nSPS) is 16.9. The highest BCUT2D eigenvalue weighted by Gasteiger charge is 2.31. The molecule has 2 aromatic rings. The Morgan fingerprint density at radius 2 is 2.00 bits per heavy atom.